The quantitative estimate of drug-likeness (QED) is 0.101. The van der Waals surface area contributed by atoms with Gasteiger partial charge in [0.2, 0.25) is 17.7 Å². The summed E-state index contributed by atoms with van der Waals surface area (Å²) < 4.78 is 12.3. The predicted octanol–water partition coefficient (Wildman–Crippen LogP) is 3.11. The highest BCUT2D eigenvalue weighted by Crippen LogP contribution is 2.60. The molecule has 3 amide bonds. The van der Waals surface area contributed by atoms with E-state index in [1.54, 1.807) is 28.9 Å². The van der Waals surface area contributed by atoms with Gasteiger partial charge in [-0.25, -0.2) is 0 Å². The van der Waals surface area contributed by atoms with Crippen LogP contribution in [0.25, 0.3) is 0 Å². The number of hydrogen-bond acceptors (Lipinski definition) is 7. The second kappa shape index (κ2) is 15.5. The highest BCUT2D eigenvalue weighted by molar-refractivity contribution is 9.09. The van der Waals surface area contributed by atoms with E-state index in [1.807, 2.05) is 6.92 Å². The highest BCUT2D eigenvalue weighted by Gasteiger charge is 2.77. The number of fused-ring (bicyclic) bond motifs is 1. The number of ether oxygens (including phenoxy) is 2. The van der Waals surface area contributed by atoms with Gasteiger partial charge in [0.25, 0.3) is 0 Å². The number of unbranched alkanes of at least 4 members (excludes halogenated alkanes) is 2. The number of rotatable bonds is 18. The molecule has 3 aliphatic rings. The van der Waals surface area contributed by atoms with Crippen molar-refractivity contribution in [2.75, 3.05) is 26.2 Å². The number of aliphatic hydroxyl groups is 1. The number of carbonyl (C=O) groups excluding carboxylic acids is 4. The van der Waals surface area contributed by atoms with Gasteiger partial charge in [-0.05, 0) is 52.4 Å². The van der Waals surface area contributed by atoms with Crippen molar-refractivity contribution in [3.05, 3.63) is 25.3 Å². The molecule has 2 unspecified atom stereocenters. The van der Waals surface area contributed by atoms with Crippen LogP contribution in [-0.2, 0) is 28.7 Å². The molecule has 3 fully saturated rings. The molecule has 2 bridgehead atoms. The van der Waals surface area contributed by atoms with E-state index in [1.165, 1.54) is 0 Å². The number of aliphatic hydroxyl groups excluding tert-OH is 1. The van der Waals surface area contributed by atoms with Crippen molar-refractivity contribution in [3.63, 3.8) is 0 Å². The van der Waals surface area contributed by atoms with Crippen molar-refractivity contribution >= 4 is 39.6 Å². The van der Waals surface area contributed by atoms with E-state index in [0.29, 0.717) is 51.6 Å². The van der Waals surface area contributed by atoms with Gasteiger partial charge in [-0.1, -0.05) is 41.4 Å². The van der Waals surface area contributed by atoms with Crippen LogP contribution >= 0.6 is 15.9 Å². The van der Waals surface area contributed by atoms with E-state index in [4.69, 9.17) is 9.47 Å². The van der Waals surface area contributed by atoms with Gasteiger partial charge in [-0.3, -0.25) is 19.2 Å². The Labute approximate surface area is 258 Å². The minimum atomic E-state index is -1.17. The monoisotopic (exact) mass is 653 g/mol. The number of allylic oxidation sites excluding steroid dienone is 1. The lowest BCUT2D eigenvalue weighted by Crippen LogP contribution is -2.58. The predicted molar refractivity (Wildman–Crippen MR) is 163 cm³/mol. The third-order valence-corrected chi connectivity index (χ3v) is 9.52. The molecule has 0 radical (unpaired) electrons. The third kappa shape index (κ3) is 7.10. The second-order valence-electron chi connectivity index (χ2n) is 11.8. The lowest BCUT2D eigenvalue weighted by atomic mass is 9.70. The molecule has 42 heavy (non-hydrogen) atoms. The molecule has 0 saturated carbocycles. The summed E-state index contributed by atoms with van der Waals surface area (Å²) in [6, 6.07) is -0.947. The van der Waals surface area contributed by atoms with Crippen LogP contribution in [0.3, 0.4) is 0 Å². The van der Waals surface area contributed by atoms with Crippen LogP contribution in [0.2, 0.25) is 0 Å². The lowest BCUT2D eigenvalue weighted by Gasteiger charge is -2.39. The van der Waals surface area contributed by atoms with E-state index >= 15 is 0 Å². The largest absolute Gasteiger partial charge is 0.460 e. The maximum Gasteiger partial charge on any atom is 0.312 e. The molecule has 8 atom stereocenters. The molecule has 0 aromatic carbocycles. The fourth-order valence-corrected chi connectivity index (χ4v) is 7.69. The van der Waals surface area contributed by atoms with Crippen molar-refractivity contribution < 1.29 is 33.8 Å². The zero-order valence-electron chi connectivity index (χ0n) is 25.3. The molecule has 10 nitrogen and oxygen atoms in total. The number of halogens is 1. The van der Waals surface area contributed by atoms with Gasteiger partial charge in [-0.15, -0.1) is 13.2 Å². The first-order valence-corrected chi connectivity index (χ1v) is 16.2. The molecule has 2 N–H and O–H groups in total. The fraction of sp³-hybridized carbons (Fsp3) is 0.742. The molecule has 3 aliphatic heterocycles. The van der Waals surface area contributed by atoms with Crippen LogP contribution in [0.15, 0.2) is 25.3 Å². The lowest BCUT2D eigenvalue weighted by molar-refractivity contribution is -0.159. The zero-order valence-corrected chi connectivity index (χ0v) is 26.9. The van der Waals surface area contributed by atoms with Crippen molar-refractivity contribution in [2.45, 2.75) is 107 Å². The molecule has 0 aliphatic carbocycles. The standard InChI is InChI=1S/C31H48BrN3O7/c1-6-9-14-23(37)33-19-21(5)41-30(40)24-25-28(38)35(16-11-10-12-17-36)27(31(25)18-22(32)26(24)42-31)29(39)34(15-8-3)20(4)13-7-2/h6,8,20-22,24-27,36H,1,3,7,9-19H2,2,4-5H3,(H,33,37)/t20?,21-,22?,24+,25-,26+,27+,31-/m1/s1. The van der Waals surface area contributed by atoms with Crippen molar-refractivity contribution in [1.82, 2.24) is 15.1 Å². The SMILES string of the molecule is C=CCCC(=O)NC[C@@H](C)OC(=O)[C@@H]1[C@H]2O[C@@]3(CC2Br)[C@H](C(=O)N(CC=C)C(C)CCC)N(CCCCCO)C(=O)[C@@H]13. The second-order valence-corrected chi connectivity index (χ2v) is 13.0. The Hall–Kier alpha value is -2.24. The number of alkyl halides is 1. The number of esters is 1. The van der Waals surface area contributed by atoms with Gasteiger partial charge < -0.3 is 29.7 Å². The zero-order chi connectivity index (χ0) is 31.0. The number of nitrogens with one attached hydrogen (secondary N) is 1. The number of carbonyl (C=O) groups is 4. The maximum atomic E-state index is 14.4. The smallest absolute Gasteiger partial charge is 0.312 e. The molecule has 0 aromatic rings. The molecule has 3 heterocycles. The van der Waals surface area contributed by atoms with E-state index in [9.17, 15) is 24.3 Å². The summed E-state index contributed by atoms with van der Waals surface area (Å²) in [5, 5.41) is 12.0. The summed E-state index contributed by atoms with van der Waals surface area (Å²) >= 11 is 3.69. The van der Waals surface area contributed by atoms with E-state index in [2.05, 4.69) is 41.3 Å². The molecule has 236 valence electrons. The van der Waals surface area contributed by atoms with Gasteiger partial charge in [0.15, 0.2) is 0 Å². The fourth-order valence-electron chi connectivity index (χ4n) is 6.74. The third-order valence-electron chi connectivity index (χ3n) is 8.68. The van der Waals surface area contributed by atoms with Crippen LogP contribution in [0, 0.1) is 11.8 Å². The first kappa shape index (κ1) is 34.3. The van der Waals surface area contributed by atoms with Crippen molar-refractivity contribution in [2.24, 2.45) is 11.8 Å². The Morgan fingerprint density at radius 2 is 2.00 bits per heavy atom. The van der Waals surface area contributed by atoms with Crippen LogP contribution in [0.1, 0.15) is 72.1 Å². The number of likely N-dealkylation sites (tertiary alicyclic amines) is 1. The molecule has 11 heteroatoms. The van der Waals surface area contributed by atoms with Gasteiger partial charge >= 0.3 is 5.97 Å². The van der Waals surface area contributed by atoms with Gasteiger partial charge in [0.1, 0.15) is 17.7 Å². The molecular formula is C31H48BrN3O7. The molecule has 1 spiro atoms. The van der Waals surface area contributed by atoms with Crippen LogP contribution < -0.4 is 5.32 Å². The molecular weight excluding hydrogens is 606 g/mol. The Morgan fingerprint density at radius 1 is 1.26 bits per heavy atom. The molecule has 0 aromatic heterocycles. The summed E-state index contributed by atoms with van der Waals surface area (Å²) in [6.07, 6.45) is 7.01. The Kier molecular flexibility index (Phi) is 12.6. The van der Waals surface area contributed by atoms with E-state index < -0.39 is 41.7 Å². The van der Waals surface area contributed by atoms with E-state index in [0.717, 1.165) is 12.8 Å². The number of nitrogens with zero attached hydrogens (tertiary/aromatic N) is 2. The first-order chi connectivity index (χ1) is 20.1. The van der Waals surface area contributed by atoms with Gasteiger partial charge in [0.05, 0.1) is 24.5 Å². The minimum absolute atomic E-state index is 0.0569. The summed E-state index contributed by atoms with van der Waals surface area (Å²) in [5.41, 5.74) is -1.17. The maximum absolute atomic E-state index is 14.4. The van der Waals surface area contributed by atoms with E-state index in [-0.39, 0.29) is 41.7 Å². The van der Waals surface area contributed by atoms with Gasteiger partial charge in [0, 0.05) is 37.0 Å². The summed E-state index contributed by atoms with van der Waals surface area (Å²) in [5.74, 6) is -2.92. The Balaban J connectivity index is 1.89. The minimum Gasteiger partial charge on any atom is -0.460 e. The average molecular weight is 655 g/mol. The normalized spacial score (nSPS) is 29.1. The van der Waals surface area contributed by atoms with Crippen molar-refractivity contribution in [3.8, 4) is 0 Å². The summed E-state index contributed by atoms with van der Waals surface area (Å²) in [7, 11) is 0. The number of hydrogen-bond donors (Lipinski definition) is 2. The Bertz CT molecular complexity index is 1010. The highest BCUT2D eigenvalue weighted by atomic mass is 79.9. The summed E-state index contributed by atoms with van der Waals surface area (Å²) in [4.78, 5) is 57.4. The van der Waals surface area contributed by atoms with Crippen molar-refractivity contribution in [1.29, 1.82) is 0 Å². The molecule has 3 saturated heterocycles. The first-order valence-electron chi connectivity index (χ1n) is 15.3. The van der Waals surface area contributed by atoms with Crippen LogP contribution in [-0.4, -0.2) is 99.6 Å². The molecule has 3 rings (SSSR count). The Morgan fingerprint density at radius 3 is 2.64 bits per heavy atom. The average Bonchev–Trinajstić information content (AvgIpc) is 3.54. The van der Waals surface area contributed by atoms with Crippen LogP contribution in [0.5, 0.6) is 0 Å². The number of amides is 3. The summed E-state index contributed by atoms with van der Waals surface area (Å²) in [6.45, 7) is 14.1. The van der Waals surface area contributed by atoms with Crippen LogP contribution in [0.4, 0.5) is 0 Å². The van der Waals surface area contributed by atoms with Gasteiger partial charge in [-0.2, -0.15) is 0 Å². The topological polar surface area (TPSA) is 125 Å².